The van der Waals surface area contributed by atoms with Crippen molar-refractivity contribution in [3.05, 3.63) is 42.5 Å². The van der Waals surface area contributed by atoms with Gasteiger partial charge in [0.05, 0.1) is 6.61 Å². The third-order valence-electron chi connectivity index (χ3n) is 4.50. The molecule has 25 heavy (non-hydrogen) atoms. The van der Waals surface area contributed by atoms with Crippen LogP contribution in [0.2, 0.25) is 0 Å². The number of hydrogen-bond donors (Lipinski definition) is 1. The second-order valence-corrected chi connectivity index (χ2v) is 6.33. The Labute approximate surface area is 148 Å². The van der Waals surface area contributed by atoms with Gasteiger partial charge in [0.2, 0.25) is 0 Å². The van der Waals surface area contributed by atoms with Crippen molar-refractivity contribution in [1.29, 1.82) is 0 Å². The molecular weight excluding hydrogens is 314 g/mol. The third-order valence-corrected chi connectivity index (χ3v) is 4.50. The Morgan fingerprint density at radius 3 is 2.40 bits per heavy atom. The van der Waals surface area contributed by atoms with Gasteiger partial charge in [-0.25, -0.2) is 0 Å². The Kier molecular flexibility index (Phi) is 5.53. The highest BCUT2D eigenvalue weighted by molar-refractivity contribution is 5.73. The number of aromatic nitrogens is 3. The molecule has 0 aliphatic heterocycles. The molecule has 0 saturated heterocycles. The zero-order chi connectivity index (χ0) is 17.6. The van der Waals surface area contributed by atoms with Crippen molar-refractivity contribution in [3.63, 3.8) is 0 Å². The SMILES string of the molecule is CCCCC(CC)COc1cccc(-n2nc3ccccc3n2)c1O. The van der Waals surface area contributed by atoms with Gasteiger partial charge in [-0.1, -0.05) is 51.3 Å². The molecule has 0 spiro atoms. The molecule has 1 N–H and O–H groups in total. The highest BCUT2D eigenvalue weighted by Crippen LogP contribution is 2.33. The van der Waals surface area contributed by atoms with Crippen molar-refractivity contribution < 1.29 is 9.84 Å². The van der Waals surface area contributed by atoms with Crippen molar-refractivity contribution in [2.24, 2.45) is 5.92 Å². The number of hydrogen-bond acceptors (Lipinski definition) is 4. The summed E-state index contributed by atoms with van der Waals surface area (Å²) in [5.41, 5.74) is 2.10. The molecule has 3 aromatic rings. The van der Waals surface area contributed by atoms with Crippen LogP contribution in [0.25, 0.3) is 16.7 Å². The van der Waals surface area contributed by atoms with Crippen molar-refractivity contribution in [2.75, 3.05) is 6.61 Å². The molecule has 0 radical (unpaired) electrons. The topological polar surface area (TPSA) is 60.2 Å². The molecule has 1 unspecified atom stereocenters. The van der Waals surface area contributed by atoms with E-state index in [0.29, 0.717) is 24.0 Å². The van der Waals surface area contributed by atoms with Crippen LogP contribution in [0.15, 0.2) is 42.5 Å². The van der Waals surface area contributed by atoms with Crippen LogP contribution < -0.4 is 4.74 Å². The average molecular weight is 339 g/mol. The minimum absolute atomic E-state index is 0.0770. The molecule has 5 nitrogen and oxygen atoms in total. The Hall–Kier alpha value is -2.56. The molecule has 0 amide bonds. The second kappa shape index (κ2) is 8.01. The summed E-state index contributed by atoms with van der Waals surface area (Å²) in [4.78, 5) is 1.46. The largest absolute Gasteiger partial charge is 0.503 e. The maximum atomic E-state index is 10.6. The Balaban J connectivity index is 1.80. The Bertz CT molecular complexity index is 796. The molecule has 0 fully saturated rings. The van der Waals surface area contributed by atoms with Gasteiger partial charge >= 0.3 is 0 Å². The number of nitrogens with zero attached hydrogens (tertiary/aromatic N) is 3. The van der Waals surface area contributed by atoms with Gasteiger partial charge in [-0.15, -0.1) is 15.0 Å². The van der Waals surface area contributed by atoms with Crippen molar-refractivity contribution in [3.8, 4) is 17.2 Å². The van der Waals surface area contributed by atoms with E-state index < -0.39 is 0 Å². The van der Waals surface area contributed by atoms with E-state index in [-0.39, 0.29) is 5.75 Å². The minimum atomic E-state index is 0.0770. The molecule has 2 aromatic carbocycles. The van der Waals surface area contributed by atoms with E-state index in [1.54, 1.807) is 12.1 Å². The molecule has 3 rings (SSSR count). The van der Waals surface area contributed by atoms with E-state index in [0.717, 1.165) is 23.9 Å². The number of unbranched alkanes of at least 4 members (excludes halogenated alkanes) is 1. The minimum Gasteiger partial charge on any atom is -0.503 e. The summed E-state index contributed by atoms with van der Waals surface area (Å²) < 4.78 is 5.90. The van der Waals surface area contributed by atoms with Crippen LogP contribution in [-0.2, 0) is 0 Å². The van der Waals surface area contributed by atoms with E-state index in [2.05, 4.69) is 24.0 Å². The standard InChI is InChI=1S/C20H25N3O2/c1-3-5-9-15(4-2)14-25-19-13-8-12-18(20(19)24)23-21-16-10-6-7-11-17(16)22-23/h6-8,10-13,15,24H,3-5,9,14H2,1-2H3. The quantitative estimate of drug-likeness (QED) is 0.645. The number of fused-ring (bicyclic) bond motifs is 1. The summed E-state index contributed by atoms with van der Waals surface area (Å²) in [7, 11) is 0. The number of aromatic hydroxyl groups is 1. The fourth-order valence-electron chi connectivity index (χ4n) is 2.86. The molecule has 5 heteroatoms. The maximum Gasteiger partial charge on any atom is 0.185 e. The van der Waals surface area contributed by atoms with E-state index in [1.165, 1.54) is 17.6 Å². The van der Waals surface area contributed by atoms with Gasteiger partial charge < -0.3 is 9.84 Å². The number of rotatable bonds is 8. The van der Waals surface area contributed by atoms with Crippen LogP contribution in [0, 0.1) is 5.92 Å². The summed E-state index contributed by atoms with van der Waals surface area (Å²) >= 11 is 0. The Morgan fingerprint density at radius 2 is 1.76 bits per heavy atom. The molecular formula is C20H25N3O2. The fourth-order valence-corrected chi connectivity index (χ4v) is 2.86. The highest BCUT2D eigenvalue weighted by atomic mass is 16.5. The van der Waals surface area contributed by atoms with Crippen molar-refractivity contribution in [1.82, 2.24) is 15.0 Å². The summed E-state index contributed by atoms with van der Waals surface area (Å²) in [6, 6.07) is 13.1. The molecule has 0 aliphatic carbocycles. The van der Waals surface area contributed by atoms with Gasteiger partial charge in [-0.2, -0.15) is 0 Å². The van der Waals surface area contributed by atoms with E-state index in [4.69, 9.17) is 4.74 Å². The lowest BCUT2D eigenvalue weighted by atomic mass is 10.0. The summed E-state index contributed by atoms with van der Waals surface area (Å²) in [6.07, 6.45) is 4.62. The predicted molar refractivity (Wildman–Crippen MR) is 99.3 cm³/mol. The fraction of sp³-hybridized carbons (Fsp3) is 0.400. The summed E-state index contributed by atoms with van der Waals surface area (Å²) in [5, 5.41) is 19.5. The molecule has 132 valence electrons. The van der Waals surface area contributed by atoms with Crippen LogP contribution in [0.4, 0.5) is 0 Å². The van der Waals surface area contributed by atoms with Crippen molar-refractivity contribution >= 4 is 11.0 Å². The summed E-state index contributed by atoms with van der Waals surface area (Å²) in [6.45, 7) is 4.99. The van der Waals surface area contributed by atoms with E-state index >= 15 is 0 Å². The van der Waals surface area contributed by atoms with Crippen LogP contribution >= 0.6 is 0 Å². The van der Waals surface area contributed by atoms with Crippen LogP contribution in [0.3, 0.4) is 0 Å². The van der Waals surface area contributed by atoms with Gasteiger partial charge in [0.1, 0.15) is 16.7 Å². The molecule has 1 aromatic heterocycles. The zero-order valence-corrected chi connectivity index (χ0v) is 14.9. The van der Waals surface area contributed by atoms with Crippen LogP contribution in [-0.4, -0.2) is 26.7 Å². The number of phenolic OH excluding ortho intramolecular Hbond substituents is 1. The number of para-hydroxylation sites is 1. The molecule has 0 saturated carbocycles. The molecule has 0 bridgehead atoms. The Morgan fingerprint density at radius 1 is 1.04 bits per heavy atom. The van der Waals surface area contributed by atoms with Gasteiger partial charge in [-0.3, -0.25) is 0 Å². The number of benzene rings is 2. The first-order chi connectivity index (χ1) is 12.2. The smallest absolute Gasteiger partial charge is 0.185 e. The van der Waals surface area contributed by atoms with E-state index in [9.17, 15) is 5.11 Å². The molecule has 1 atom stereocenters. The van der Waals surface area contributed by atoms with Gasteiger partial charge in [0.15, 0.2) is 11.5 Å². The highest BCUT2D eigenvalue weighted by Gasteiger charge is 2.14. The first-order valence-electron chi connectivity index (χ1n) is 9.00. The maximum absolute atomic E-state index is 10.6. The normalized spacial score (nSPS) is 12.4. The zero-order valence-electron chi connectivity index (χ0n) is 14.9. The first-order valence-corrected chi connectivity index (χ1v) is 9.00. The monoisotopic (exact) mass is 339 g/mol. The predicted octanol–water partition coefficient (Wildman–Crippen LogP) is 4.72. The average Bonchev–Trinajstić information content (AvgIpc) is 3.07. The lowest BCUT2D eigenvalue weighted by Crippen LogP contribution is -2.11. The number of phenols is 1. The van der Waals surface area contributed by atoms with Gasteiger partial charge in [0.25, 0.3) is 0 Å². The van der Waals surface area contributed by atoms with Crippen LogP contribution in [0.5, 0.6) is 11.5 Å². The second-order valence-electron chi connectivity index (χ2n) is 6.33. The van der Waals surface area contributed by atoms with Gasteiger partial charge in [0, 0.05) is 0 Å². The number of ether oxygens (including phenoxy) is 1. The first kappa shape index (κ1) is 17.3. The van der Waals surface area contributed by atoms with E-state index in [1.807, 2.05) is 30.3 Å². The summed E-state index contributed by atoms with van der Waals surface area (Å²) in [5.74, 6) is 1.07. The van der Waals surface area contributed by atoms with Crippen molar-refractivity contribution in [2.45, 2.75) is 39.5 Å². The molecule has 1 heterocycles. The van der Waals surface area contributed by atoms with Crippen LogP contribution in [0.1, 0.15) is 39.5 Å². The third kappa shape index (κ3) is 3.92. The molecule has 0 aliphatic rings. The lowest BCUT2D eigenvalue weighted by molar-refractivity contribution is 0.225. The van der Waals surface area contributed by atoms with Gasteiger partial charge in [-0.05, 0) is 36.6 Å². The lowest BCUT2D eigenvalue weighted by Gasteiger charge is -2.16.